The van der Waals surface area contributed by atoms with Crippen molar-refractivity contribution in [2.75, 3.05) is 33.4 Å². The second-order valence-electron chi connectivity index (χ2n) is 5.64. The number of ether oxygens (including phenoxy) is 1. The molecule has 1 aliphatic rings. The zero-order chi connectivity index (χ0) is 14.9. The third kappa shape index (κ3) is 5.86. The summed E-state index contributed by atoms with van der Waals surface area (Å²) in [6.07, 6.45) is 4.38. The molecule has 0 bridgehead atoms. The van der Waals surface area contributed by atoms with Gasteiger partial charge in [0.25, 0.3) is 5.91 Å². The van der Waals surface area contributed by atoms with Crippen LogP contribution >= 0.6 is 0 Å². The van der Waals surface area contributed by atoms with Crippen LogP contribution in [0.1, 0.15) is 35.2 Å². The molecule has 0 unspecified atom stereocenters. The van der Waals surface area contributed by atoms with Crippen LogP contribution in [0.25, 0.3) is 0 Å². The molecular weight excluding hydrogens is 264 g/mol. The number of amides is 1. The van der Waals surface area contributed by atoms with Crippen LogP contribution in [0.4, 0.5) is 0 Å². The molecule has 1 amide bonds. The Morgan fingerprint density at radius 3 is 2.86 bits per heavy atom. The number of carbonyl (C=O) groups is 1. The molecule has 1 aromatic carbocycles. The lowest BCUT2D eigenvalue weighted by Crippen LogP contribution is -2.26. The van der Waals surface area contributed by atoms with Crippen molar-refractivity contribution in [2.24, 2.45) is 5.92 Å². The van der Waals surface area contributed by atoms with Gasteiger partial charge < -0.3 is 15.4 Å². The Kier molecular flexibility index (Phi) is 6.70. The highest BCUT2D eigenvalue weighted by Gasteiger charge is 2.20. The predicted molar refractivity (Wildman–Crippen MR) is 84.6 cm³/mol. The Balaban J connectivity index is 1.68. The SMILES string of the molecule is CNCCc1ccccc1C(=O)NCCCOCC1CC1. The Labute approximate surface area is 127 Å². The Morgan fingerprint density at radius 1 is 1.29 bits per heavy atom. The average molecular weight is 290 g/mol. The van der Waals surface area contributed by atoms with Crippen molar-refractivity contribution in [3.63, 3.8) is 0 Å². The van der Waals surface area contributed by atoms with Gasteiger partial charge in [0.05, 0.1) is 0 Å². The van der Waals surface area contributed by atoms with Crippen molar-refractivity contribution in [3.8, 4) is 0 Å². The third-order valence-corrected chi connectivity index (χ3v) is 3.71. The Bertz CT molecular complexity index is 444. The van der Waals surface area contributed by atoms with Crippen molar-refractivity contribution in [2.45, 2.75) is 25.7 Å². The van der Waals surface area contributed by atoms with Gasteiger partial charge in [0, 0.05) is 25.3 Å². The maximum Gasteiger partial charge on any atom is 0.251 e. The van der Waals surface area contributed by atoms with E-state index in [9.17, 15) is 4.79 Å². The first-order valence-corrected chi connectivity index (χ1v) is 7.89. The molecule has 0 spiro atoms. The van der Waals surface area contributed by atoms with E-state index in [0.717, 1.165) is 49.6 Å². The Hall–Kier alpha value is -1.39. The van der Waals surface area contributed by atoms with E-state index in [2.05, 4.69) is 10.6 Å². The maximum absolute atomic E-state index is 12.2. The van der Waals surface area contributed by atoms with Crippen molar-refractivity contribution in [1.82, 2.24) is 10.6 Å². The molecule has 1 saturated carbocycles. The Morgan fingerprint density at radius 2 is 2.10 bits per heavy atom. The van der Waals surface area contributed by atoms with Gasteiger partial charge in [-0.2, -0.15) is 0 Å². The molecule has 0 aliphatic heterocycles. The lowest BCUT2D eigenvalue weighted by atomic mass is 10.0. The molecule has 0 radical (unpaired) electrons. The minimum Gasteiger partial charge on any atom is -0.381 e. The number of rotatable bonds is 10. The zero-order valence-corrected chi connectivity index (χ0v) is 12.9. The van der Waals surface area contributed by atoms with Crippen LogP contribution in [0.3, 0.4) is 0 Å². The lowest BCUT2D eigenvalue weighted by molar-refractivity contribution is 0.0936. The van der Waals surface area contributed by atoms with E-state index in [1.54, 1.807) is 0 Å². The first-order valence-electron chi connectivity index (χ1n) is 7.89. The highest BCUT2D eigenvalue weighted by Crippen LogP contribution is 2.28. The first-order chi connectivity index (χ1) is 10.3. The monoisotopic (exact) mass is 290 g/mol. The summed E-state index contributed by atoms with van der Waals surface area (Å²) in [6.45, 7) is 3.17. The van der Waals surface area contributed by atoms with Crippen LogP contribution in [0.15, 0.2) is 24.3 Å². The topological polar surface area (TPSA) is 50.4 Å². The average Bonchev–Trinajstić information content (AvgIpc) is 3.33. The van der Waals surface area contributed by atoms with Crippen molar-refractivity contribution in [3.05, 3.63) is 35.4 Å². The van der Waals surface area contributed by atoms with Crippen LogP contribution in [0, 0.1) is 5.92 Å². The van der Waals surface area contributed by atoms with Gasteiger partial charge in [-0.05, 0) is 56.8 Å². The smallest absolute Gasteiger partial charge is 0.251 e. The molecule has 1 aliphatic carbocycles. The van der Waals surface area contributed by atoms with Gasteiger partial charge in [-0.1, -0.05) is 18.2 Å². The summed E-state index contributed by atoms with van der Waals surface area (Å²) in [5, 5.41) is 6.09. The molecule has 0 atom stereocenters. The molecule has 1 aromatic rings. The minimum atomic E-state index is 0.0175. The number of benzene rings is 1. The fourth-order valence-electron chi connectivity index (χ4n) is 2.23. The van der Waals surface area contributed by atoms with Crippen LogP contribution in [0.5, 0.6) is 0 Å². The number of likely N-dealkylation sites (N-methyl/N-ethyl adjacent to an activating group) is 1. The fourth-order valence-corrected chi connectivity index (χ4v) is 2.23. The van der Waals surface area contributed by atoms with Crippen LogP contribution < -0.4 is 10.6 Å². The largest absolute Gasteiger partial charge is 0.381 e. The van der Waals surface area contributed by atoms with E-state index >= 15 is 0 Å². The van der Waals surface area contributed by atoms with Gasteiger partial charge in [0.2, 0.25) is 0 Å². The molecule has 0 heterocycles. The highest BCUT2D eigenvalue weighted by molar-refractivity contribution is 5.95. The molecule has 4 heteroatoms. The molecular formula is C17H26N2O2. The minimum absolute atomic E-state index is 0.0175. The van der Waals surface area contributed by atoms with Gasteiger partial charge in [-0.15, -0.1) is 0 Å². The summed E-state index contributed by atoms with van der Waals surface area (Å²) < 4.78 is 5.56. The van der Waals surface area contributed by atoms with Crippen molar-refractivity contribution in [1.29, 1.82) is 0 Å². The highest BCUT2D eigenvalue weighted by atomic mass is 16.5. The summed E-state index contributed by atoms with van der Waals surface area (Å²) in [4.78, 5) is 12.2. The van der Waals surface area contributed by atoms with Gasteiger partial charge in [0.1, 0.15) is 0 Å². The van der Waals surface area contributed by atoms with E-state index in [1.807, 2.05) is 31.3 Å². The molecule has 1 fully saturated rings. The second-order valence-corrected chi connectivity index (χ2v) is 5.64. The van der Waals surface area contributed by atoms with E-state index in [-0.39, 0.29) is 5.91 Å². The van der Waals surface area contributed by atoms with Crippen molar-refractivity contribution < 1.29 is 9.53 Å². The number of hydrogen-bond acceptors (Lipinski definition) is 3. The van der Waals surface area contributed by atoms with Crippen LogP contribution in [0.2, 0.25) is 0 Å². The van der Waals surface area contributed by atoms with Crippen LogP contribution in [-0.2, 0) is 11.2 Å². The van der Waals surface area contributed by atoms with Gasteiger partial charge in [0.15, 0.2) is 0 Å². The summed E-state index contributed by atoms with van der Waals surface area (Å²) in [6, 6.07) is 7.80. The zero-order valence-electron chi connectivity index (χ0n) is 12.9. The molecule has 4 nitrogen and oxygen atoms in total. The second kappa shape index (κ2) is 8.80. The molecule has 2 N–H and O–H groups in total. The summed E-state index contributed by atoms with van der Waals surface area (Å²) >= 11 is 0. The predicted octanol–water partition coefficient (Wildman–Crippen LogP) is 1.99. The van der Waals surface area contributed by atoms with Gasteiger partial charge >= 0.3 is 0 Å². The first kappa shape index (κ1) is 16.0. The molecule has 0 aromatic heterocycles. The van der Waals surface area contributed by atoms with Gasteiger partial charge in [-0.3, -0.25) is 4.79 Å². The molecule has 21 heavy (non-hydrogen) atoms. The third-order valence-electron chi connectivity index (χ3n) is 3.71. The fraction of sp³-hybridized carbons (Fsp3) is 0.588. The van der Waals surface area contributed by atoms with E-state index in [0.29, 0.717) is 6.54 Å². The molecule has 116 valence electrons. The van der Waals surface area contributed by atoms with Crippen LogP contribution in [-0.4, -0.2) is 39.3 Å². The van der Waals surface area contributed by atoms with Gasteiger partial charge in [-0.25, -0.2) is 0 Å². The lowest BCUT2D eigenvalue weighted by Gasteiger charge is -2.10. The van der Waals surface area contributed by atoms with E-state index < -0.39 is 0 Å². The van der Waals surface area contributed by atoms with E-state index in [4.69, 9.17) is 4.74 Å². The summed E-state index contributed by atoms with van der Waals surface area (Å²) in [7, 11) is 1.92. The number of carbonyl (C=O) groups excluding carboxylic acids is 1. The standard InChI is InChI=1S/C17H26N2O2/c1-18-11-9-15-5-2-3-6-16(15)17(20)19-10-4-12-21-13-14-7-8-14/h2-3,5-6,14,18H,4,7-13H2,1H3,(H,19,20). The number of hydrogen-bond donors (Lipinski definition) is 2. The number of nitrogens with one attached hydrogen (secondary N) is 2. The van der Waals surface area contributed by atoms with E-state index in [1.165, 1.54) is 12.8 Å². The maximum atomic E-state index is 12.2. The normalized spacial score (nSPS) is 14.1. The van der Waals surface area contributed by atoms with Crippen molar-refractivity contribution >= 4 is 5.91 Å². The summed E-state index contributed by atoms with van der Waals surface area (Å²) in [5.41, 5.74) is 1.88. The molecule has 2 rings (SSSR count). The quantitative estimate of drug-likeness (QED) is 0.648. The summed E-state index contributed by atoms with van der Waals surface area (Å²) in [5.74, 6) is 0.822. The molecule has 0 saturated heterocycles.